The number of rotatable bonds is 8. The van der Waals surface area contributed by atoms with E-state index in [1.807, 2.05) is 61.5 Å². The summed E-state index contributed by atoms with van der Waals surface area (Å²) in [5.74, 6) is 0.0690. The number of carbonyl (C=O) groups excluding carboxylic acids is 1. The summed E-state index contributed by atoms with van der Waals surface area (Å²) in [6, 6.07) is 12.3. The second-order valence-electron chi connectivity index (χ2n) is 6.47. The highest BCUT2D eigenvalue weighted by Crippen LogP contribution is 2.20. The van der Waals surface area contributed by atoms with Gasteiger partial charge < -0.3 is 10.2 Å². The van der Waals surface area contributed by atoms with Crippen LogP contribution < -0.4 is 5.32 Å². The van der Waals surface area contributed by atoms with Gasteiger partial charge in [0.2, 0.25) is 5.91 Å². The molecule has 0 radical (unpaired) electrons. The third kappa shape index (κ3) is 4.80. The summed E-state index contributed by atoms with van der Waals surface area (Å²) in [6.07, 6.45) is 4.96. The van der Waals surface area contributed by atoms with E-state index >= 15 is 0 Å². The minimum atomic E-state index is 0.0690. The van der Waals surface area contributed by atoms with Crippen molar-refractivity contribution in [1.29, 1.82) is 0 Å². The lowest BCUT2D eigenvalue weighted by Crippen LogP contribution is -2.34. The molecule has 1 aromatic carbocycles. The van der Waals surface area contributed by atoms with Gasteiger partial charge in [-0.2, -0.15) is 16.4 Å². The summed E-state index contributed by atoms with van der Waals surface area (Å²) in [6.45, 7) is 0.617. The van der Waals surface area contributed by atoms with Crippen LogP contribution in [0.2, 0.25) is 0 Å². The highest BCUT2D eigenvalue weighted by Gasteiger charge is 2.15. The molecular weight excluding hydrogens is 344 g/mol. The van der Waals surface area contributed by atoms with E-state index in [0.717, 1.165) is 11.3 Å². The first-order valence-corrected chi connectivity index (χ1v) is 9.62. The Bertz CT molecular complexity index is 811. The Morgan fingerprint density at radius 2 is 2.08 bits per heavy atom. The molecule has 1 amide bonds. The summed E-state index contributed by atoms with van der Waals surface area (Å²) >= 11 is 1.68. The minimum absolute atomic E-state index is 0.0690. The van der Waals surface area contributed by atoms with Crippen molar-refractivity contribution in [1.82, 2.24) is 20.0 Å². The van der Waals surface area contributed by atoms with E-state index in [9.17, 15) is 4.79 Å². The molecule has 0 aliphatic rings. The maximum Gasteiger partial charge on any atom is 0.220 e. The monoisotopic (exact) mass is 368 g/mol. The smallest absolute Gasteiger partial charge is 0.220 e. The number of likely N-dealkylation sites (N-methyl/N-ethyl adjacent to an activating group) is 1. The number of para-hydroxylation sites is 1. The highest BCUT2D eigenvalue weighted by atomic mass is 32.1. The molecule has 2 aromatic heterocycles. The molecule has 1 atom stereocenters. The SMILES string of the molecule is CN(C)C(CNC(=O)CCc1cnn(-c2ccccc2)c1)c1ccsc1. The third-order valence-electron chi connectivity index (χ3n) is 4.34. The zero-order valence-electron chi connectivity index (χ0n) is 15.1. The average Bonchev–Trinajstić information content (AvgIpc) is 3.33. The molecule has 136 valence electrons. The van der Waals surface area contributed by atoms with Crippen molar-refractivity contribution in [3.05, 3.63) is 70.7 Å². The predicted octanol–water partition coefficient (Wildman–Crippen LogP) is 3.29. The number of benzene rings is 1. The van der Waals surface area contributed by atoms with Gasteiger partial charge in [0.1, 0.15) is 0 Å². The zero-order valence-corrected chi connectivity index (χ0v) is 15.9. The second-order valence-corrected chi connectivity index (χ2v) is 7.25. The Kier molecular flexibility index (Phi) is 6.20. The van der Waals surface area contributed by atoms with Crippen LogP contribution >= 0.6 is 11.3 Å². The first-order valence-electron chi connectivity index (χ1n) is 8.67. The van der Waals surface area contributed by atoms with Crippen molar-refractivity contribution in [3.63, 3.8) is 0 Å². The number of hydrogen-bond acceptors (Lipinski definition) is 4. The number of aryl methyl sites for hydroxylation is 1. The lowest BCUT2D eigenvalue weighted by atomic mass is 10.1. The quantitative estimate of drug-likeness (QED) is 0.664. The van der Waals surface area contributed by atoms with Gasteiger partial charge in [-0.05, 0) is 60.6 Å². The summed E-state index contributed by atoms with van der Waals surface area (Å²) < 4.78 is 1.84. The lowest BCUT2D eigenvalue weighted by molar-refractivity contribution is -0.121. The number of amides is 1. The highest BCUT2D eigenvalue weighted by molar-refractivity contribution is 7.07. The topological polar surface area (TPSA) is 50.2 Å². The van der Waals surface area contributed by atoms with E-state index in [0.29, 0.717) is 19.4 Å². The van der Waals surface area contributed by atoms with E-state index in [-0.39, 0.29) is 11.9 Å². The molecule has 0 fully saturated rings. The first kappa shape index (κ1) is 18.4. The predicted molar refractivity (Wildman–Crippen MR) is 106 cm³/mol. The Labute approximate surface area is 158 Å². The Hall–Kier alpha value is -2.44. The van der Waals surface area contributed by atoms with Gasteiger partial charge in [-0.25, -0.2) is 4.68 Å². The molecule has 0 aliphatic carbocycles. The van der Waals surface area contributed by atoms with Crippen LogP contribution in [0.25, 0.3) is 5.69 Å². The van der Waals surface area contributed by atoms with Crippen LogP contribution in [0.5, 0.6) is 0 Å². The number of nitrogens with zero attached hydrogens (tertiary/aromatic N) is 3. The van der Waals surface area contributed by atoms with Crippen molar-refractivity contribution < 1.29 is 4.79 Å². The van der Waals surface area contributed by atoms with Gasteiger partial charge in [-0.1, -0.05) is 18.2 Å². The van der Waals surface area contributed by atoms with Crippen molar-refractivity contribution >= 4 is 17.2 Å². The third-order valence-corrected chi connectivity index (χ3v) is 5.04. The van der Waals surface area contributed by atoms with Crippen molar-refractivity contribution in [2.24, 2.45) is 0 Å². The van der Waals surface area contributed by atoms with Crippen molar-refractivity contribution in [2.45, 2.75) is 18.9 Å². The van der Waals surface area contributed by atoms with Crippen LogP contribution in [0.1, 0.15) is 23.6 Å². The maximum absolute atomic E-state index is 12.2. The van der Waals surface area contributed by atoms with Gasteiger partial charge in [0, 0.05) is 19.2 Å². The Morgan fingerprint density at radius 1 is 1.27 bits per heavy atom. The zero-order chi connectivity index (χ0) is 18.4. The number of carbonyl (C=O) groups is 1. The number of aromatic nitrogens is 2. The normalized spacial score (nSPS) is 12.3. The Morgan fingerprint density at radius 3 is 2.77 bits per heavy atom. The van der Waals surface area contributed by atoms with Gasteiger partial charge in [0.25, 0.3) is 0 Å². The average molecular weight is 369 g/mol. The minimum Gasteiger partial charge on any atom is -0.354 e. The molecule has 0 saturated carbocycles. The van der Waals surface area contributed by atoms with Crippen LogP contribution in [0.4, 0.5) is 0 Å². The summed E-state index contributed by atoms with van der Waals surface area (Å²) in [4.78, 5) is 14.4. The molecule has 0 spiro atoms. The van der Waals surface area contributed by atoms with E-state index in [1.54, 1.807) is 11.3 Å². The largest absolute Gasteiger partial charge is 0.354 e. The number of hydrogen-bond donors (Lipinski definition) is 1. The fourth-order valence-corrected chi connectivity index (χ4v) is 3.54. The maximum atomic E-state index is 12.2. The molecule has 1 N–H and O–H groups in total. The van der Waals surface area contributed by atoms with Crippen LogP contribution in [-0.2, 0) is 11.2 Å². The molecule has 2 heterocycles. The second kappa shape index (κ2) is 8.78. The Balaban J connectivity index is 1.49. The van der Waals surface area contributed by atoms with Crippen molar-refractivity contribution in [2.75, 3.05) is 20.6 Å². The fourth-order valence-electron chi connectivity index (χ4n) is 2.83. The summed E-state index contributed by atoms with van der Waals surface area (Å²) in [5.41, 5.74) is 3.32. The van der Waals surface area contributed by atoms with Crippen molar-refractivity contribution in [3.8, 4) is 5.69 Å². The summed E-state index contributed by atoms with van der Waals surface area (Å²) in [5, 5.41) is 11.6. The summed E-state index contributed by atoms with van der Waals surface area (Å²) in [7, 11) is 4.07. The molecule has 3 rings (SSSR count). The molecule has 5 nitrogen and oxygen atoms in total. The molecule has 0 aliphatic heterocycles. The van der Waals surface area contributed by atoms with Gasteiger partial charge in [-0.3, -0.25) is 4.79 Å². The van der Waals surface area contributed by atoms with Crippen LogP contribution in [0.15, 0.2) is 59.6 Å². The lowest BCUT2D eigenvalue weighted by Gasteiger charge is -2.24. The van der Waals surface area contributed by atoms with E-state index in [1.165, 1.54) is 5.56 Å². The van der Waals surface area contributed by atoms with Gasteiger partial charge in [-0.15, -0.1) is 0 Å². The number of nitrogens with one attached hydrogen (secondary N) is 1. The van der Waals surface area contributed by atoms with Crippen LogP contribution in [-0.4, -0.2) is 41.2 Å². The standard InChI is InChI=1S/C20H24N4OS/c1-23(2)19(17-10-11-26-15-17)13-21-20(25)9-8-16-12-22-24(14-16)18-6-4-3-5-7-18/h3-7,10-12,14-15,19H,8-9,13H2,1-2H3,(H,21,25). The van der Waals surface area contributed by atoms with Gasteiger partial charge in [0.15, 0.2) is 0 Å². The molecule has 6 heteroatoms. The molecule has 3 aromatic rings. The van der Waals surface area contributed by atoms with Gasteiger partial charge >= 0.3 is 0 Å². The fraction of sp³-hybridized carbons (Fsp3) is 0.300. The van der Waals surface area contributed by atoms with Gasteiger partial charge in [0.05, 0.1) is 17.9 Å². The molecule has 0 bridgehead atoms. The van der Waals surface area contributed by atoms with Crippen LogP contribution in [0, 0.1) is 0 Å². The molecule has 1 unspecified atom stereocenters. The molecular formula is C20H24N4OS. The van der Waals surface area contributed by atoms with Crippen LogP contribution in [0.3, 0.4) is 0 Å². The van der Waals surface area contributed by atoms with E-state index < -0.39 is 0 Å². The molecule has 0 saturated heterocycles. The number of thiophene rings is 1. The van der Waals surface area contributed by atoms with E-state index in [2.05, 4.69) is 32.1 Å². The van der Waals surface area contributed by atoms with E-state index in [4.69, 9.17) is 0 Å². The molecule has 26 heavy (non-hydrogen) atoms. The first-order chi connectivity index (χ1) is 12.6.